The van der Waals surface area contributed by atoms with E-state index in [0.29, 0.717) is 10.7 Å². The predicted octanol–water partition coefficient (Wildman–Crippen LogP) is 4.19. The van der Waals surface area contributed by atoms with Crippen LogP contribution in [0.4, 0.5) is 5.69 Å². The number of carbonyl (C=O) groups excluding carboxylic acids is 1. The molecule has 0 saturated carbocycles. The maximum atomic E-state index is 11.7. The number of hydrogen-bond donors (Lipinski definition) is 1. The molecule has 0 radical (unpaired) electrons. The summed E-state index contributed by atoms with van der Waals surface area (Å²) in [6, 6.07) is 5.48. The van der Waals surface area contributed by atoms with E-state index in [-0.39, 0.29) is 0 Å². The van der Waals surface area contributed by atoms with Gasteiger partial charge in [-0.2, -0.15) is 0 Å². The molecule has 18 heavy (non-hydrogen) atoms. The molecule has 1 amide bonds. The molecule has 0 saturated heterocycles. The van der Waals surface area contributed by atoms with Crippen LogP contribution in [0.2, 0.25) is 24.7 Å². The zero-order valence-corrected chi connectivity index (χ0v) is 14.2. The molecule has 0 spiro atoms. The van der Waals surface area contributed by atoms with Crippen LogP contribution in [0, 0.1) is 0 Å². The molecule has 0 aliphatic heterocycles. The van der Waals surface area contributed by atoms with Crippen molar-refractivity contribution >= 4 is 71.3 Å². The summed E-state index contributed by atoms with van der Waals surface area (Å²) in [5.74, 6) is -0.708. The molecule has 0 aliphatic carbocycles. The third kappa shape index (κ3) is 4.03. The summed E-state index contributed by atoms with van der Waals surface area (Å²) in [6.45, 7) is 6.43. The summed E-state index contributed by atoms with van der Waals surface area (Å²) in [6.07, 6.45) is 0. The summed E-state index contributed by atoms with van der Waals surface area (Å²) in [7, 11) is -1.66. The third-order valence-electron chi connectivity index (χ3n) is 2.32. The van der Waals surface area contributed by atoms with Gasteiger partial charge in [-0.15, -0.1) is 0 Å². The number of anilines is 1. The number of hydrogen-bond acceptors (Lipinski definition) is 1. The molecule has 0 aromatic heterocycles. The lowest BCUT2D eigenvalue weighted by Crippen LogP contribution is -2.41. The number of alkyl halides is 3. The quantitative estimate of drug-likeness (QED) is 0.632. The first-order chi connectivity index (χ1) is 8.03. The zero-order chi connectivity index (χ0) is 14.1. The van der Waals surface area contributed by atoms with Gasteiger partial charge in [0, 0.05) is 0 Å². The first-order valence-corrected chi connectivity index (χ1v) is 10.2. The van der Waals surface area contributed by atoms with E-state index >= 15 is 0 Å². The minimum atomic E-state index is -2.00. The standard InChI is InChI=1S/C11H13Cl4NOSi/c1-18(2,3)8-6-4-5-7(12)9(8)16-10(17)11(13,14)15/h4-6H,1-3H3,(H,16,17). The van der Waals surface area contributed by atoms with Crippen LogP contribution in [0.25, 0.3) is 0 Å². The zero-order valence-electron chi connectivity index (χ0n) is 10.2. The Morgan fingerprint density at radius 2 is 1.78 bits per heavy atom. The minimum absolute atomic E-state index is 0.442. The minimum Gasteiger partial charge on any atom is -0.321 e. The van der Waals surface area contributed by atoms with E-state index in [2.05, 4.69) is 25.0 Å². The molecule has 0 bridgehead atoms. The molecule has 2 nitrogen and oxygen atoms in total. The number of carbonyl (C=O) groups is 1. The number of para-hydroxylation sites is 1. The molecule has 0 aliphatic rings. The molecule has 1 rings (SSSR count). The van der Waals surface area contributed by atoms with Crippen LogP contribution in [0.1, 0.15) is 0 Å². The van der Waals surface area contributed by atoms with Gasteiger partial charge in [0.25, 0.3) is 9.70 Å². The van der Waals surface area contributed by atoms with Crippen LogP contribution in [0.5, 0.6) is 0 Å². The Hall–Kier alpha value is 0.0669. The Labute approximate surface area is 128 Å². The van der Waals surface area contributed by atoms with Crippen molar-refractivity contribution in [2.24, 2.45) is 0 Å². The molecule has 1 N–H and O–H groups in total. The smallest absolute Gasteiger partial charge is 0.276 e. The topological polar surface area (TPSA) is 29.1 Å². The summed E-state index contributed by atoms with van der Waals surface area (Å²) in [5.41, 5.74) is 0.537. The van der Waals surface area contributed by atoms with Crippen molar-refractivity contribution in [1.29, 1.82) is 0 Å². The van der Waals surface area contributed by atoms with Gasteiger partial charge in [-0.05, 0) is 11.3 Å². The Morgan fingerprint density at radius 1 is 1.22 bits per heavy atom. The van der Waals surface area contributed by atoms with Crippen molar-refractivity contribution in [1.82, 2.24) is 0 Å². The lowest BCUT2D eigenvalue weighted by molar-refractivity contribution is -0.115. The molecule has 0 atom stereocenters. The fourth-order valence-electron chi connectivity index (χ4n) is 1.46. The Kier molecular flexibility index (Phi) is 5.01. The Balaban J connectivity index is 3.20. The van der Waals surface area contributed by atoms with Gasteiger partial charge in [-0.3, -0.25) is 4.79 Å². The van der Waals surface area contributed by atoms with E-state index < -0.39 is 17.8 Å². The Morgan fingerprint density at radius 3 is 2.22 bits per heavy atom. The average molecular weight is 345 g/mol. The maximum absolute atomic E-state index is 11.7. The third-order valence-corrected chi connectivity index (χ3v) is 5.18. The molecular formula is C11H13Cl4NOSi. The highest BCUT2D eigenvalue weighted by molar-refractivity contribution is 6.90. The molecule has 1 aromatic carbocycles. The molecule has 0 unspecified atom stereocenters. The van der Waals surface area contributed by atoms with Crippen molar-refractivity contribution in [3.05, 3.63) is 23.2 Å². The molecule has 0 fully saturated rings. The summed E-state index contributed by atoms with van der Waals surface area (Å²) in [4.78, 5) is 11.7. The molecular weight excluding hydrogens is 332 g/mol. The first kappa shape index (κ1) is 16.1. The molecule has 7 heteroatoms. The molecule has 100 valence electrons. The van der Waals surface area contributed by atoms with Gasteiger partial charge in [0.1, 0.15) is 0 Å². The van der Waals surface area contributed by atoms with E-state index in [1.165, 1.54) is 0 Å². The van der Waals surface area contributed by atoms with E-state index in [4.69, 9.17) is 46.4 Å². The van der Waals surface area contributed by atoms with Crippen LogP contribution in [-0.2, 0) is 4.79 Å². The normalized spacial score (nSPS) is 12.4. The van der Waals surface area contributed by atoms with Crippen LogP contribution >= 0.6 is 46.4 Å². The fourth-order valence-corrected chi connectivity index (χ4v) is 3.45. The highest BCUT2D eigenvalue weighted by atomic mass is 35.6. The number of nitrogens with one attached hydrogen (secondary N) is 1. The lowest BCUT2D eigenvalue weighted by Gasteiger charge is -2.23. The number of halogens is 4. The highest BCUT2D eigenvalue weighted by Gasteiger charge is 2.32. The molecule has 1 aromatic rings. The van der Waals surface area contributed by atoms with Gasteiger partial charge in [-0.25, -0.2) is 0 Å². The second-order valence-corrected chi connectivity index (χ2v) is 12.6. The summed E-state index contributed by atoms with van der Waals surface area (Å²) >= 11 is 22.7. The van der Waals surface area contributed by atoms with Gasteiger partial charge in [0.05, 0.1) is 18.8 Å². The van der Waals surface area contributed by atoms with Crippen LogP contribution in [-0.4, -0.2) is 17.8 Å². The van der Waals surface area contributed by atoms with Crippen molar-refractivity contribution in [3.63, 3.8) is 0 Å². The Bertz CT molecular complexity index is 465. The van der Waals surface area contributed by atoms with Crippen molar-refractivity contribution < 1.29 is 4.79 Å². The predicted molar refractivity (Wildman–Crippen MR) is 83.4 cm³/mol. The van der Waals surface area contributed by atoms with Crippen molar-refractivity contribution in [2.45, 2.75) is 23.4 Å². The van der Waals surface area contributed by atoms with Crippen LogP contribution in [0.3, 0.4) is 0 Å². The summed E-state index contributed by atoms with van der Waals surface area (Å²) < 4.78 is -2.00. The highest BCUT2D eigenvalue weighted by Crippen LogP contribution is 2.29. The van der Waals surface area contributed by atoms with Gasteiger partial charge >= 0.3 is 0 Å². The second kappa shape index (κ2) is 5.59. The maximum Gasteiger partial charge on any atom is 0.276 e. The monoisotopic (exact) mass is 343 g/mol. The van der Waals surface area contributed by atoms with E-state index in [1.807, 2.05) is 12.1 Å². The van der Waals surface area contributed by atoms with Gasteiger partial charge in [0.15, 0.2) is 0 Å². The van der Waals surface area contributed by atoms with E-state index in [1.54, 1.807) is 6.07 Å². The summed E-state index contributed by atoms with van der Waals surface area (Å²) in [5, 5.41) is 4.05. The number of amides is 1. The average Bonchev–Trinajstić information content (AvgIpc) is 2.17. The largest absolute Gasteiger partial charge is 0.321 e. The molecule has 0 heterocycles. The van der Waals surface area contributed by atoms with Crippen LogP contribution in [0.15, 0.2) is 18.2 Å². The second-order valence-electron chi connectivity index (χ2n) is 4.86. The number of benzene rings is 1. The van der Waals surface area contributed by atoms with E-state index in [9.17, 15) is 4.79 Å². The van der Waals surface area contributed by atoms with Gasteiger partial charge in [-0.1, -0.05) is 78.2 Å². The van der Waals surface area contributed by atoms with Crippen LogP contribution < -0.4 is 10.5 Å². The fraction of sp³-hybridized carbons (Fsp3) is 0.364. The lowest BCUT2D eigenvalue weighted by atomic mass is 10.3. The first-order valence-electron chi connectivity index (χ1n) is 5.20. The van der Waals surface area contributed by atoms with Crippen molar-refractivity contribution in [2.75, 3.05) is 5.32 Å². The van der Waals surface area contributed by atoms with Crippen molar-refractivity contribution in [3.8, 4) is 0 Å². The van der Waals surface area contributed by atoms with Gasteiger partial charge in [0.2, 0.25) is 0 Å². The van der Waals surface area contributed by atoms with E-state index in [0.717, 1.165) is 5.19 Å². The number of rotatable bonds is 2. The SMILES string of the molecule is C[Si](C)(C)c1cccc(Cl)c1NC(=O)C(Cl)(Cl)Cl. The van der Waals surface area contributed by atoms with Gasteiger partial charge < -0.3 is 5.32 Å².